The SMILES string of the molecule is O=C(Nc1ccc(N2CCCC2)c(S(=O)(=O)NC2CCCc3ccccc32)c1)C1CCCCC1. The zero-order valence-electron chi connectivity index (χ0n) is 19.8. The first-order chi connectivity index (χ1) is 16.5. The monoisotopic (exact) mass is 481 g/mol. The third-order valence-corrected chi connectivity index (χ3v) is 9.11. The highest BCUT2D eigenvalue weighted by Crippen LogP contribution is 2.35. The van der Waals surface area contributed by atoms with Crippen molar-refractivity contribution < 1.29 is 13.2 Å². The molecule has 1 unspecified atom stereocenters. The van der Waals surface area contributed by atoms with Gasteiger partial charge in [-0.3, -0.25) is 4.79 Å². The van der Waals surface area contributed by atoms with Crippen LogP contribution in [0.15, 0.2) is 47.4 Å². The summed E-state index contributed by atoms with van der Waals surface area (Å²) in [6, 6.07) is 13.3. The summed E-state index contributed by atoms with van der Waals surface area (Å²) in [4.78, 5) is 15.2. The van der Waals surface area contributed by atoms with Crippen molar-refractivity contribution in [2.75, 3.05) is 23.3 Å². The molecule has 34 heavy (non-hydrogen) atoms. The fourth-order valence-electron chi connectivity index (χ4n) is 5.76. The Labute approximate surface area is 203 Å². The summed E-state index contributed by atoms with van der Waals surface area (Å²) in [7, 11) is -3.80. The number of anilines is 2. The summed E-state index contributed by atoms with van der Waals surface area (Å²) in [6.07, 6.45) is 10.0. The number of nitrogens with zero attached hydrogens (tertiary/aromatic N) is 1. The van der Waals surface area contributed by atoms with Gasteiger partial charge in [0.15, 0.2) is 0 Å². The summed E-state index contributed by atoms with van der Waals surface area (Å²) in [5, 5.41) is 3.01. The maximum absolute atomic E-state index is 13.8. The van der Waals surface area contributed by atoms with Crippen molar-refractivity contribution in [3.8, 4) is 0 Å². The second-order valence-corrected chi connectivity index (χ2v) is 11.6. The van der Waals surface area contributed by atoms with E-state index in [0.29, 0.717) is 5.69 Å². The number of fused-ring (bicyclic) bond motifs is 1. The first-order valence-electron chi connectivity index (χ1n) is 12.8. The molecule has 182 valence electrons. The highest BCUT2D eigenvalue weighted by molar-refractivity contribution is 7.89. The maximum atomic E-state index is 13.8. The largest absolute Gasteiger partial charge is 0.370 e. The van der Waals surface area contributed by atoms with Gasteiger partial charge in [0.2, 0.25) is 15.9 Å². The van der Waals surface area contributed by atoms with Crippen molar-refractivity contribution in [2.45, 2.75) is 75.1 Å². The molecule has 1 aliphatic heterocycles. The number of sulfonamides is 1. The summed E-state index contributed by atoms with van der Waals surface area (Å²) in [5.74, 6) is 0.0232. The Morgan fingerprint density at radius 2 is 1.65 bits per heavy atom. The predicted octanol–water partition coefficient (Wildman–Crippen LogP) is 5.16. The van der Waals surface area contributed by atoms with Gasteiger partial charge < -0.3 is 10.2 Å². The molecule has 1 amide bonds. The molecule has 0 spiro atoms. The van der Waals surface area contributed by atoms with E-state index in [9.17, 15) is 13.2 Å². The Hall–Kier alpha value is -2.38. The molecule has 3 aliphatic rings. The topological polar surface area (TPSA) is 78.5 Å². The van der Waals surface area contributed by atoms with Gasteiger partial charge in [-0.25, -0.2) is 13.1 Å². The van der Waals surface area contributed by atoms with Gasteiger partial charge in [-0.15, -0.1) is 0 Å². The van der Waals surface area contributed by atoms with Crippen molar-refractivity contribution in [1.82, 2.24) is 4.72 Å². The maximum Gasteiger partial charge on any atom is 0.243 e. The molecule has 2 fully saturated rings. The van der Waals surface area contributed by atoms with Crippen LogP contribution in [0.25, 0.3) is 0 Å². The number of amides is 1. The average molecular weight is 482 g/mol. The lowest BCUT2D eigenvalue weighted by Crippen LogP contribution is -2.32. The molecule has 1 saturated heterocycles. The van der Waals surface area contributed by atoms with E-state index in [1.807, 2.05) is 30.3 Å². The van der Waals surface area contributed by atoms with Crippen LogP contribution in [0.2, 0.25) is 0 Å². The van der Waals surface area contributed by atoms with E-state index in [-0.39, 0.29) is 22.8 Å². The molecular weight excluding hydrogens is 446 g/mol. The van der Waals surface area contributed by atoms with Crippen LogP contribution in [0.3, 0.4) is 0 Å². The van der Waals surface area contributed by atoms with Gasteiger partial charge in [-0.1, -0.05) is 43.5 Å². The lowest BCUT2D eigenvalue weighted by molar-refractivity contribution is -0.120. The molecule has 2 N–H and O–H groups in total. The van der Waals surface area contributed by atoms with Gasteiger partial charge in [0, 0.05) is 30.7 Å². The number of carbonyl (C=O) groups is 1. The Bertz CT molecular complexity index is 1140. The smallest absolute Gasteiger partial charge is 0.243 e. The van der Waals surface area contributed by atoms with Crippen LogP contribution >= 0.6 is 0 Å². The van der Waals surface area contributed by atoms with Crippen molar-refractivity contribution in [2.24, 2.45) is 5.92 Å². The summed E-state index contributed by atoms with van der Waals surface area (Å²) in [5.41, 5.74) is 3.57. The van der Waals surface area contributed by atoms with Gasteiger partial charge in [-0.2, -0.15) is 0 Å². The van der Waals surface area contributed by atoms with E-state index < -0.39 is 10.0 Å². The highest BCUT2D eigenvalue weighted by Gasteiger charge is 2.30. The van der Waals surface area contributed by atoms with E-state index in [1.165, 1.54) is 12.0 Å². The first-order valence-corrected chi connectivity index (χ1v) is 14.3. The average Bonchev–Trinajstić information content (AvgIpc) is 3.39. The second-order valence-electron chi connectivity index (χ2n) is 9.97. The van der Waals surface area contributed by atoms with Gasteiger partial charge in [-0.05, 0) is 74.3 Å². The third kappa shape index (κ3) is 5.01. The van der Waals surface area contributed by atoms with Crippen LogP contribution in [0.4, 0.5) is 11.4 Å². The Morgan fingerprint density at radius 1 is 0.882 bits per heavy atom. The molecule has 0 bridgehead atoms. The molecule has 5 rings (SSSR count). The third-order valence-electron chi connectivity index (χ3n) is 7.61. The van der Waals surface area contributed by atoms with Crippen LogP contribution in [0.5, 0.6) is 0 Å². The van der Waals surface area contributed by atoms with Crippen LogP contribution in [-0.4, -0.2) is 27.4 Å². The molecule has 2 aliphatic carbocycles. The van der Waals surface area contributed by atoms with Gasteiger partial charge in [0.05, 0.1) is 5.69 Å². The fraction of sp³-hybridized carbons (Fsp3) is 0.519. The van der Waals surface area contributed by atoms with E-state index in [0.717, 1.165) is 82.1 Å². The number of rotatable bonds is 6. The number of nitrogens with one attached hydrogen (secondary N) is 2. The molecular formula is C27H35N3O3S. The molecule has 0 radical (unpaired) electrons. The van der Waals surface area contributed by atoms with Gasteiger partial charge >= 0.3 is 0 Å². The first kappa shape index (κ1) is 23.4. The Balaban J connectivity index is 1.44. The Morgan fingerprint density at radius 3 is 2.44 bits per heavy atom. The zero-order chi connectivity index (χ0) is 23.5. The standard InChI is InChI=1S/C27H35N3O3S/c31-27(21-10-2-1-3-11-21)28-22-15-16-25(30-17-6-7-18-30)26(19-22)34(32,33)29-24-14-8-12-20-9-4-5-13-23(20)24/h4-5,9,13,15-16,19,21,24,29H,1-3,6-8,10-12,14,17-18H2,(H,28,31). The second kappa shape index (κ2) is 10.1. The van der Waals surface area contributed by atoms with E-state index in [2.05, 4.69) is 21.0 Å². The fourth-order valence-corrected chi connectivity index (χ4v) is 7.26. The van der Waals surface area contributed by atoms with Crippen LogP contribution < -0.4 is 14.9 Å². The van der Waals surface area contributed by atoms with Gasteiger partial charge in [0.25, 0.3) is 0 Å². The predicted molar refractivity (Wildman–Crippen MR) is 136 cm³/mol. The minimum Gasteiger partial charge on any atom is -0.370 e. The van der Waals surface area contributed by atoms with Crippen molar-refractivity contribution >= 4 is 27.3 Å². The van der Waals surface area contributed by atoms with Crippen LogP contribution in [0, 0.1) is 5.92 Å². The molecule has 7 heteroatoms. The molecule has 0 aromatic heterocycles. The number of carbonyl (C=O) groups excluding carboxylic acids is 1. The van der Waals surface area contributed by atoms with Crippen LogP contribution in [0.1, 0.15) is 75.0 Å². The lowest BCUT2D eigenvalue weighted by Gasteiger charge is -2.28. The van der Waals surface area contributed by atoms with Gasteiger partial charge in [0.1, 0.15) is 4.90 Å². The van der Waals surface area contributed by atoms with Crippen molar-refractivity contribution in [3.63, 3.8) is 0 Å². The zero-order valence-corrected chi connectivity index (χ0v) is 20.6. The van der Waals surface area contributed by atoms with E-state index in [1.54, 1.807) is 6.07 Å². The molecule has 1 saturated carbocycles. The molecule has 2 aromatic rings. The quantitative estimate of drug-likeness (QED) is 0.597. The van der Waals surface area contributed by atoms with Crippen LogP contribution in [-0.2, 0) is 21.2 Å². The Kier molecular flexibility index (Phi) is 6.93. The number of hydrogen-bond acceptors (Lipinski definition) is 4. The normalized spacial score (nSPS) is 21.3. The molecule has 1 heterocycles. The molecule has 1 atom stereocenters. The van der Waals surface area contributed by atoms with Crippen molar-refractivity contribution in [3.05, 3.63) is 53.6 Å². The minimum atomic E-state index is -3.80. The highest BCUT2D eigenvalue weighted by atomic mass is 32.2. The van der Waals surface area contributed by atoms with E-state index in [4.69, 9.17) is 0 Å². The van der Waals surface area contributed by atoms with Crippen molar-refractivity contribution in [1.29, 1.82) is 0 Å². The molecule has 2 aromatic carbocycles. The number of aryl methyl sites for hydroxylation is 1. The summed E-state index contributed by atoms with van der Waals surface area (Å²) >= 11 is 0. The number of hydrogen-bond donors (Lipinski definition) is 2. The van der Waals surface area contributed by atoms with E-state index >= 15 is 0 Å². The summed E-state index contributed by atoms with van der Waals surface area (Å²) in [6.45, 7) is 1.70. The molecule has 6 nitrogen and oxygen atoms in total. The minimum absolute atomic E-state index is 0.00568. The summed E-state index contributed by atoms with van der Waals surface area (Å²) < 4.78 is 30.6. The lowest BCUT2D eigenvalue weighted by atomic mass is 9.88. The number of benzene rings is 2.